The fraction of sp³-hybridized carbons (Fsp3) is 0.264. The molecule has 0 spiro atoms. The summed E-state index contributed by atoms with van der Waals surface area (Å²) < 4.78 is 10.1. The summed E-state index contributed by atoms with van der Waals surface area (Å²) in [7, 11) is 0. The third-order valence-corrected chi connectivity index (χ3v) is 15.5. The predicted octanol–water partition coefficient (Wildman–Crippen LogP) is 13.8. The Morgan fingerprint density at radius 1 is 0.750 bits per heavy atom. The largest absolute Gasteiger partial charge is 0.458 e. The number of fused-ring (bicyclic) bond motifs is 5. The number of para-hydroxylation sites is 2. The number of hydrogen-bond donors (Lipinski definition) is 0. The number of rotatable bonds is 8. The van der Waals surface area contributed by atoms with Crippen LogP contribution in [0.25, 0.3) is 72.2 Å². The molecule has 0 saturated carbocycles. The average Bonchev–Trinajstić information content (AvgIpc) is 3.78. The van der Waals surface area contributed by atoms with Crippen molar-refractivity contribution in [2.75, 3.05) is 0 Å². The third-order valence-electron chi connectivity index (χ3n) is 11.1. The molecule has 7 heteroatoms. The first-order chi connectivity index (χ1) is 28.3. The third kappa shape index (κ3) is 8.39. The zero-order valence-corrected chi connectivity index (χ0v) is 40.9. The van der Waals surface area contributed by atoms with Gasteiger partial charge in [-0.1, -0.05) is 87.2 Å². The number of imidazole rings is 1. The zero-order chi connectivity index (χ0) is 41.6. The summed E-state index contributed by atoms with van der Waals surface area (Å²) in [6.07, 6.45) is 3.27. The normalized spacial score (nSPS) is 11.9. The second kappa shape index (κ2) is 17.6. The molecular formula is C53H54GeIrN4O-2. The molecule has 0 unspecified atom stereocenters. The summed E-state index contributed by atoms with van der Waals surface area (Å²) in [6, 6.07) is 44.8. The quantitative estimate of drug-likeness (QED) is 0.112. The number of furan rings is 1. The van der Waals surface area contributed by atoms with Gasteiger partial charge in [-0.25, -0.2) is 4.98 Å². The van der Waals surface area contributed by atoms with Crippen LogP contribution in [0.1, 0.15) is 75.8 Å². The molecule has 0 saturated heterocycles. The summed E-state index contributed by atoms with van der Waals surface area (Å²) in [5, 5.41) is 4.53. The summed E-state index contributed by atoms with van der Waals surface area (Å²) >= 11 is -1.86. The Labute approximate surface area is 371 Å². The molecule has 0 bridgehead atoms. The Bertz CT molecular complexity index is 2960. The van der Waals surface area contributed by atoms with Crippen LogP contribution in [0.3, 0.4) is 0 Å². The molecule has 0 atom stereocenters. The molecule has 307 valence electrons. The van der Waals surface area contributed by atoms with Crippen LogP contribution in [-0.2, 0) is 26.5 Å². The summed E-state index contributed by atoms with van der Waals surface area (Å²) in [6.45, 7) is 15.7. The van der Waals surface area contributed by atoms with Gasteiger partial charge in [-0.05, 0) is 64.9 Å². The first-order valence-electron chi connectivity index (χ1n) is 21.0. The Hall–Kier alpha value is -4.88. The molecule has 0 aliphatic carbocycles. The van der Waals surface area contributed by atoms with Crippen LogP contribution in [-0.4, -0.2) is 32.8 Å². The molecule has 1 radical (unpaired) electrons. The van der Waals surface area contributed by atoms with E-state index in [0.29, 0.717) is 23.5 Å². The van der Waals surface area contributed by atoms with Gasteiger partial charge in [0.25, 0.3) is 0 Å². The molecular weight excluding hydrogens is 973 g/mol. The number of aromatic nitrogens is 4. The maximum atomic E-state index is 6.23. The first-order valence-corrected chi connectivity index (χ1v) is 28.3. The van der Waals surface area contributed by atoms with Gasteiger partial charge < -0.3 is 8.98 Å². The van der Waals surface area contributed by atoms with Crippen molar-refractivity contribution in [2.45, 2.75) is 84.0 Å². The smallest absolute Gasteiger partial charge is 0.215 e. The minimum atomic E-state index is -1.86. The van der Waals surface area contributed by atoms with Gasteiger partial charge in [0.15, 0.2) is 0 Å². The van der Waals surface area contributed by atoms with Crippen molar-refractivity contribution in [3.63, 3.8) is 0 Å². The van der Waals surface area contributed by atoms with Crippen LogP contribution >= 0.6 is 0 Å². The van der Waals surface area contributed by atoms with Crippen molar-refractivity contribution in [1.29, 1.82) is 0 Å². The number of aryl methyl sites for hydroxylation is 1. The minimum Gasteiger partial charge on any atom is -0.458 e. The van der Waals surface area contributed by atoms with Crippen LogP contribution in [0.4, 0.5) is 0 Å². The standard InChI is InChI=1S/C35H30N3O.C18H24GeN.Ir/c1-20(2)27-19-23-11-6-7-12-24(23)31(21(3)4)33(27)38-29-15-9-8-14-28(29)37-34(38)25-13-10-16-30-32(25)26-18-17-22(5)36-35(26)39-30;1-14(2)11-16-12-18(15-9-7-6-8-10-15)20-13-17(16)19(3,4)5;/h6-12,14-21H,1-5H3;6-9,12-14H,11H2,1-5H3;/q2*-1;. The van der Waals surface area contributed by atoms with Gasteiger partial charge in [-0.2, -0.15) is 0 Å². The Morgan fingerprint density at radius 3 is 2.22 bits per heavy atom. The molecule has 0 fully saturated rings. The molecule has 4 aromatic heterocycles. The van der Waals surface area contributed by atoms with E-state index in [0.717, 1.165) is 62.1 Å². The van der Waals surface area contributed by atoms with Gasteiger partial charge in [0, 0.05) is 36.9 Å². The number of benzene rings is 5. The van der Waals surface area contributed by atoms with Crippen LogP contribution in [0.2, 0.25) is 17.3 Å². The fourth-order valence-electron chi connectivity index (χ4n) is 8.48. The van der Waals surface area contributed by atoms with Crippen molar-refractivity contribution >= 4 is 61.5 Å². The van der Waals surface area contributed by atoms with Gasteiger partial charge >= 0.3 is 126 Å². The molecule has 0 N–H and O–H groups in total. The van der Waals surface area contributed by atoms with Gasteiger partial charge in [-0.3, -0.25) is 4.98 Å². The molecule has 60 heavy (non-hydrogen) atoms. The van der Waals surface area contributed by atoms with Crippen molar-refractivity contribution in [3.8, 4) is 28.3 Å². The van der Waals surface area contributed by atoms with E-state index in [4.69, 9.17) is 14.4 Å². The van der Waals surface area contributed by atoms with Crippen LogP contribution < -0.4 is 4.40 Å². The van der Waals surface area contributed by atoms with E-state index >= 15 is 0 Å². The molecule has 9 rings (SSSR count). The molecule has 0 aliphatic rings. The van der Waals surface area contributed by atoms with E-state index < -0.39 is 13.3 Å². The minimum absolute atomic E-state index is 0. The molecule has 5 nitrogen and oxygen atoms in total. The second-order valence-corrected chi connectivity index (χ2v) is 28.4. The summed E-state index contributed by atoms with van der Waals surface area (Å²) in [5.74, 6) is 9.48. The summed E-state index contributed by atoms with van der Waals surface area (Å²) in [4.78, 5) is 14.6. The van der Waals surface area contributed by atoms with E-state index in [1.165, 1.54) is 33.2 Å². The van der Waals surface area contributed by atoms with E-state index in [1.807, 2.05) is 43.3 Å². The fourth-order valence-corrected chi connectivity index (χ4v) is 11.8. The maximum Gasteiger partial charge on any atom is 0.215 e. The second-order valence-electron chi connectivity index (χ2n) is 17.9. The zero-order valence-electron chi connectivity index (χ0n) is 36.4. The van der Waals surface area contributed by atoms with E-state index in [2.05, 4.69) is 159 Å². The maximum absolute atomic E-state index is 6.23. The van der Waals surface area contributed by atoms with Gasteiger partial charge in [0.05, 0.1) is 22.4 Å². The molecule has 4 heterocycles. The van der Waals surface area contributed by atoms with Crippen LogP contribution in [0.15, 0.2) is 120 Å². The monoisotopic (exact) mass is 1030 g/mol. The summed E-state index contributed by atoms with van der Waals surface area (Å²) in [5.41, 5.74) is 12.8. The Morgan fingerprint density at radius 2 is 1.50 bits per heavy atom. The van der Waals surface area contributed by atoms with Crippen LogP contribution in [0, 0.1) is 25.0 Å². The van der Waals surface area contributed by atoms with Crippen molar-refractivity contribution in [1.82, 2.24) is 19.5 Å². The van der Waals surface area contributed by atoms with Crippen molar-refractivity contribution in [2.24, 2.45) is 5.92 Å². The van der Waals surface area contributed by atoms with E-state index in [9.17, 15) is 0 Å². The number of hydrogen-bond acceptors (Lipinski definition) is 4. The van der Waals surface area contributed by atoms with Gasteiger partial charge in [-0.15, -0.1) is 12.1 Å². The van der Waals surface area contributed by atoms with Gasteiger partial charge in [0.2, 0.25) is 5.71 Å². The molecule has 9 aromatic rings. The van der Waals surface area contributed by atoms with Crippen molar-refractivity contribution in [3.05, 3.63) is 150 Å². The SMILES string of the molecule is CC(C)Cc1cc(-c2[c-]cccc2)nc[c]1[Ge]([CH3])([CH3])[CH3].Cc1ccc2c(n1)oc1cc[c-]c(-c3nc4ccccc4n3-c3c(C(C)C)cc4ccccc4c3C(C)C)c12.[Ir]. The van der Waals surface area contributed by atoms with Gasteiger partial charge in [0.1, 0.15) is 0 Å². The topological polar surface area (TPSA) is 56.7 Å². The number of pyridine rings is 2. The molecule has 0 amide bonds. The number of nitrogens with zero attached hydrogens (tertiary/aromatic N) is 4. The predicted molar refractivity (Wildman–Crippen MR) is 251 cm³/mol. The van der Waals surface area contributed by atoms with Crippen molar-refractivity contribution < 1.29 is 24.5 Å². The van der Waals surface area contributed by atoms with E-state index in [-0.39, 0.29) is 20.1 Å². The van der Waals surface area contributed by atoms with E-state index in [1.54, 1.807) is 4.40 Å². The Balaban J connectivity index is 0.000000220. The molecule has 5 aromatic carbocycles. The first kappa shape index (κ1) is 43.2. The Kier molecular flexibility index (Phi) is 12.7. The molecule has 0 aliphatic heterocycles. The van der Waals surface area contributed by atoms with Crippen LogP contribution in [0.5, 0.6) is 0 Å². The average molecular weight is 1030 g/mol.